The van der Waals surface area contributed by atoms with E-state index in [0.717, 1.165) is 32.4 Å². The Balaban J connectivity index is 1.61. The standard InChI is InChI=1S/C19H27Cl2N3O3S/c1-14-4-2-8-23(12-14)22-19(25)10-15-5-3-9-24(13-15)28(26,27)18-7-6-16(20)11-17(18)21/h6-7,11,14-15H,2-5,8-10,12-13H2,1H3,(H,22,25). The molecule has 6 nitrogen and oxygen atoms in total. The molecule has 0 aliphatic carbocycles. The molecule has 0 aromatic heterocycles. The number of piperidine rings is 2. The molecule has 2 saturated heterocycles. The van der Waals surface area contributed by atoms with E-state index >= 15 is 0 Å². The van der Waals surface area contributed by atoms with Gasteiger partial charge in [-0.2, -0.15) is 4.31 Å². The van der Waals surface area contributed by atoms with E-state index < -0.39 is 10.0 Å². The van der Waals surface area contributed by atoms with Gasteiger partial charge in [0.2, 0.25) is 15.9 Å². The summed E-state index contributed by atoms with van der Waals surface area (Å²) in [6, 6.07) is 4.40. The molecule has 1 aromatic carbocycles. The lowest BCUT2D eigenvalue weighted by molar-refractivity contribution is -0.128. The third-order valence-electron chi connectivity index (χ3n) is 5.41. The molecular weight excluding hydrogens is 421 g/mol. The molecule has 2 atom stereocenters. The van der Waals surface area contributed by atoms with Gasteiger partial charge in [-0.15, -0.1) is 0 Å². The van der Waals surface area contributed by atoms with Gasteiger partial charge in [0.25, 0.3) is 0 Å². The Hall–Kier alpha value is -0.860. The Morgan fingerprint density at radius 3 is 2.64 bits per heavy atom. The van der Waals surface area contributed by atoms with Crippen LogP contribution in [0, 0.1) is 11.8 Å². The van der Waals surface area contributed by atoms with Crippen LogP contribution in [0.4, 0.5) is 0 Å². The molecule has 9 heteroatoms. The summed E-state index contributed by atoms with van der Waals surface area (Å²) in [5.41, 5.74) is 2.99. The molecule has 2 aliphatic heterocycles. The molecular formula is C19H27Cl2N3O3S. The van der Waals surface area contributed by atoms with E-state index in [0.29, 0.717) is 30.5 Å². The smallest absolute Gasteiger partial charge is 0.244 e. The van der Waals surface area contributed by atoms with E-state index in [1.54, 1.807) is 0 Å². The summed E-state index contributed by atoms with van der Waals surface area (Å²) >= 11 is 12.0. The highest BCUT2D eigenvalue weighted by molar-refractivity contribution is 7.89. The average Bonchev–Trinajstić information content (AvgIpc) is 2.61. The van der Waals surface area contributed by atoms with E-state index in [1.807, 2.05) is 5.01 Å². The molecule has 3 rings (SSSR count). The summed E-state index contributed by atoms with van der Waals surface area (Å²) in [6.45, 7) is 4.68. The fourth-order valence-corrected chi connectivity index (χ4v) is 6.31. The number of amides is 1. The summed E-state index contributed by atoms with van der Waals surface area (Å²) in [6.07, 6.45) is 4.16. The quantitative estimate of drug-likeness (QED) is 0.748. The molecule has 1 N–H and O–H groups in total. The molecule has 2 unspecified atom stereocenters. The van der Waals surface area contributed by atoms with Crippen LogP contribution in [0.2, 0.25) is 10.0 Å². The Bertz CT molecular complexity index is 819. The number of rotatable bonds is 5. The zero-order valence-electron chi connectivity index (χ0n) is 16.0. The van der Waals surface area contributed by atoms with Crippen molar-refractivity contribution >= 4 is 39.1 Å². The van der Waals surface area contributed by atoms with Crippen molar-refractivity contribution in [1.29, 1.82) is 0 Å². The second-order valence-corrected chi connectivity index (χ2v) is 10.6. The number of hydrogen-bond donors (Lipinski definition) is 1. The van der Waals surface area contributed by atoms with Crippen LogP contribution in [0.15, 0.2) is 23.1 Å². The highest BCUT2D eigenvalue weighted by atomic mass is 35.5. The molecule has 0 saturated carbocycles. The van der Waals surface area contributed by atoms with Gasteiger partial charge in [0.05, 0.1) is 5.02 Å². The van der Waals surface area contributed by atoms with Crippen molar-refractivity contribution in [2.45, 2.75) is 43.9 Å². The van der Waals surface area contributed by atoms with Crippen molar-refractivity contribution in [3.05, 3.63) is 28.2 Å². The van der Waals surface area contributed by atoms with Gasteiger partial charge in [-0.05, 0) is 55.7 Å². The highest BCUT2D eigenvalue weighted by Crippen LogP contribution is 2.31. The van der Waals surface area contributed by atoms with Crippen LogP contribution in [-0.4, -0.2) is 49.8 Å². The number of benzene rings is 1. The van der Waals surface area contributed by atoms with Gasteiger partial charge < -0.3 is 0 Å². The largest absolute Gasteiger partial charge is 0.289 e. The van der Waals surface area contributed by atoms with E-state index in [4.69, 9.17) is 23.2 Å². The number of nitrogens with zero attached hydrogens (tertiary/aromatic N) is 2. The average molecular weight is 448 g/mol. The molecule has 2 fully saturated rings. The zero-order chi connectivity index (χ0) is 20.3. The number of nitrogens with one attached hydrogen (secondary N) is 1. The Morgan fingerprint density at radius 1 is 1.18 bits per heavy atom. The number of hydrazine groups is 1. The zero-order valence-corrected chi connectivity index (χ0v) is 18.4. The van der Waals surface area contributed by atoms with Crippen molar-refractivity contribution in [2.75, 3.05) is 26.2 Å². The van der Waals surface area contributed by atoms with Crippen molar-refractivity contribution in [3.63, 3.8) is 0 Å². The number of hydrogen-bond acceptors (Lipinski definition) is 4. The summed E-state index contributed by atoms with van der Waals surface area (Å²) < 4.78 is 27.4. The maximum atomic E-state index is 13.0. The lowest BCUT2D eigenvalue weighted by Gasteiger charge is -2.34. The van der Waals surface area contributed by atoms with Crippen molar-refractivity contribution < 1.29 is 13.2 Å². The summed E-state index contributed by atoms with van der Waals surface area (Å²) in [5.74, 6) is 0.535. The van der Waals surface area contributed by atoms with Gasteiger partial charge in [-0.1, -0.05) is 30.1 Å². The van der Waals surface area contributed by atoms with Gasteiger partial charge in [-0.3, -0.25) is 10.2 Å². The lowest BCUT2D eigenvalue weighted by Crippen LogP contribution is -2.48. The first-order chi connectivity index (χ1) is 13.3. The number of halogens is 2. The first-order valence-corrected chi connectivity index (χ1v) is 11.9. The molecule has 28 heavy (non-hydrogen) atoms. The van der Waals surface area contributed by atoms with Crippen molar-refractivity contribution in [2.24, 2.45) is 11.8 Å². The molecule has 156 valence electrons. The fraction of sp³-hybridized carbons (Fsp3) is 0.632. The normalized spacial score (nSPS) is 24.8. The third-order valence-corrected chi connectivity index (χ3v) is 7.99. The fourth-order valence-electron chi connectivity index (χ4n) is 4.01. The summed E-state index contributed by atoms with van der Waals surface area (Å²) in [4.78, 5) is 12.5. The summed E-state index contributed by atoms with van der Waals surface area (Å²) in [5, 5.41) is 2.50. The first-order valence-electron chi connectivity index (χ1n) is 9.75. The molecule has 1 aromatic rings. The number of carbonyl (C=O) groups excluding carboxylic acids is 1. The topological polar surface area (TPSA) is 69.7 Å². The minimum atomic E-state index is -3.71. The van der Waals surface area contributed by atoms with Crippen molar-refractivity contribution in [1.82, 2.24) is 14.7 Å². The van der Waals surface area contributed by atoms with Crippen LogP contribution in [0.5, 0.6) is 0 Å². The van der Waals surface area contributed by atoms with Gasteiger partial charge in [0, 0.05) is 37.6 Å². The molecule has 0 spiro atoms. The predicted molar refractivity (Wildman–Crippen MR) is 111 cm³/mol. The molecule has 2 heterocycles. The van der Waals surface area contributed by atoms with Crippen LogP contribution >= 0.6 is 23.2 Å². The van der Waals surface area contributed by atoms with E-state index in [-0.39, 0.29) is 21.7 Å². The van der Waals surface area contributed by atoms with E-state index in [9.17, 15) is 13.2 Å². The van der Waals surface area contributed by atoms with E-state index in [2.05, 4.69) is 12.3 Å². The third kappa shape index (κ3) is 5.39. The SMILES string of the molecule is CC1CCCN(NC(=O)CC2CCCN(S(=O)(=O)c3ccc(Cl)cc3Cl)C2)C1. The van der Waals surface area contributed by atoms with Crippen molar-refractivity contribution in [3.8, 4) is 0 Å². The van der Waals surface area contributed by atoms with Gasteiger partial charge in [0.15, 0.2) is 0 Å². The van der Waals surface area contributed by atoms with E-state index in [1.165, 1.54) is 28.9 Å². The minimum absolute atomic E-state index is 0.00295. The second-order valence-electron chi connectivity index (χ2n) is 7.88. The van der Waals surface area contributed by atoms with Gasteiger partial charge >= 0.3 is 0 Å². The monoisotopic (exact) mass is 447 g/mol. The van der Waals surface area contributed by atoms with Crippen LogP contribution in [0.25, 0.3) is 0 Å². The first kappa shape index (κ1) is 21.8. The Labute approximate surface area is 177 Å². The molecule has 2 aliphatic rings. The Kier molecular flexibility index (Phi) is 7.26. The van der Waals surface area contributed by atoms with Gasteiger partial charge in [0.1, 0.15) is 4.90 Å². The predicted octanol–water partition coefficient (Wildman–Crippen LogP) is 3.55. The molecule has 0 radical (unpaired) electrons. The second kappa shape index (κ2) is 9.30. The van der Waals surface area contributed by atoms with Crippen LogP contribution in [-0.2, 0) is 14.8 Å². The summed E-state index contributed by atoms with van der Waals surface area (Å²) in [7, 11) is -3.71. The maximum Gasteiger partial charge on any atom is 0.244 e. The minimum Gasteiger partial charge on any atom is -0.289 e. The lowest BCUT2D eigenvalue weighted by atomic mass is 9.96. The highest BCUT2D eigenvalue weighted by Gasteiger charge is 2.32. The molecule has 0 bridgehead atoms. The number of carbonyl (C=O) groups is 1. The Morgan fingerprint density at radius 2 is 1.93 bits per heavy atom. The van der Waals surface area contributed by atoms with Crippen LogP contribution in [0.1, 0.15) is 39.0 Å². The number of sulfonamides is 1. The van der Waals surface area contributed by atoms with Crippen LogP contribution < -0.4 is 5.43 Å². The van der Waals surface area contributed by atoms with Crippen LogP contribution in [0.3, 0.4) is 0 Å². The maximum absolute atomic E-state index is 13.0. The molecule has 1 amide bonds. The van der Waals surface area contributed by atoms with Gasteiger partial charge in [-0.25, -0.2) is 13.4 Å².